The molecule has 35 heavy (non-hydrogen) atoms. The quantitative estimate of drug-likeness (QED) is 0.351. The van der Waals surface area contributed by atoms with Crippen LogP contribution in [-0.2, 0) is 25.9 Å². The van der Waals surface area contributed by atoms with Gasteiger partial charge in [0.1, 0.15) is 12.4 Å². The van der Waals surface area contributed by atoms with Crippen LogP contribution in [0.25, 0.3) is 0 Å². The molecule has 0 atom stereocenters. The summed E-state index contributed by atoms with van der Waals surface area (Å²) in [7, 11) is 0. The Morgan fingerprint density at radius 3 is 2.09 bits per heavy atom. The van der Waals surface area contributed by atoms with Crippen molar-refractivity contribution >= 4 is 30.5 Å². The molecule has 0 spiro atoms. The lowest BCUT2D eigenvalue weighted by molar-refractivity contribution is 0.261. The van der Waals surface area contributed by atoms with Gasteiger partial charge in [0.25, 0.3) is 0 Å². The fraction of sp³-hybridized carbons (Fsp3) is 0.400. The summed E-state index contributed by atoms with van der Waals surface area (Å²) in [5.74, 6) is 1.00. The summed E-state index contributed by atoms with van der Waals surface area (Å²) in [6.45, 7) is 8.42. The minimum atomic E-state index is 0. The van der Waals surface area contributed by atoms with Crippen LogP contribution >= 0.6 is 24.8 Å². The van der Waals surface area contributed by atoms with Crippen molar-refractivity contribution in [2.45, 2.75) is 45.6 Å². The molecular weight excluding hydrogens is 475 g/mol. The number of hydrogen-bond acceptors (Lipinski definition) is 3. The highest BCUT2D eigenvalue weighted by atomic mass is 35.5. The Morgan fingerprint density at radius 2 is 1.37 bits per heavy atom. The van der Waals surface area contributed by atoms with Crippen molar-refractivity contribution < 1.29 is 4.74 Å². The molecule has 5 heteroatoms. The van der Waals surface area contributed by atoms with E-state index < -0.39 is 0 Å². The van der Waals surface area contributed by atoms with Gasteiger partial charge in [-0.3, -0.25) is 4.90 Å². The van der Waals surface area contributed by atoms with Crippen LogP contribution in [-0.4, -0.2) is 37.6 Å². The van der Waals surface area contributed by atoms with Gasteiger partial charge in [0.15, 0.2) is 0 Å². The highest BCUT2D eigenvalue weighted by Gasteiger charge is 2.17. The molecule has 3 aromatic carbocycles. The molecule has 3 nitrogen and oxygen atoms in total. The van der Waals surface area contributed by atoms with Gasteiger partial charge >= 0.3 is 0 Å². The van der Waals surface area contributed by atoms with Crippen LogP contribution in [0, 0.1) is 6.92 Å². The predicted molar refractivity (Wildman–Crippen MR) is 152 cm³/mol. The van der Waals surface area contributed by atoms with Crippen molar-refractivity contribution in [3.8, 4) is 5.75 Å². The van der Waals surface area contributed by atoms with E-state index >= 15 is 0 Å². The van der Waals surface area contributed by atoms with Gasteiger partial charge in [-0.2, -0.15) is 0 Å². The second-order valence-electron chi connectivity index (χ2n) is 9.66. The number of hydrogen-bond donors (Lipinski definition) is 0. The normalized spacial score (nSPS) is 15.5. The Balaban J connectivity index is 0.00000171. The smallest absolute Gasteiger partial charge is 0.120 e. The maximum Gasteiger partial charge on any atom is 0.120 e. The first kappa shape index (κ1) is 27.4. The van der Waals surface area contributed by atoms with Gasteiger partial charge in [-0.25, -0.2) is 0 Å². The van der Waals surface area contributed by atoms with Crippen LogP contribution in [0.3, 0.4) is 0 Å². The van der Waals surface area contributed by atoms with Crippen molar-refractivity contribution in [3.63, 3.8) is 0 Å². The standard InChI is InChI=1S/C30H36N2O.2ClH/c1-24-6-13-29(14-7-24)32-20-18-31(19-21-32)17-16-25-8-10-26(11-9-25)23-33-30-15-12-27-4-2-3-5-28(27)22-30;;/h6-15,22H,2-5,16-21,23H2,1H3;2*1H. The maximum atomic E-state index is 6.09. The van der Waals surface area contributed by atoms with Gasteiger partial charge in [0.2, 0.25) is 0 Å². The lowest BCUT2D eigenvalue weighted by Crippen LogP contribution is -2.47. The monoisotopic (exact) mass is 512 g/mol. The summed E-state index contributed by atoms with van der Waals surface area (Å²) in [5, 5.41) is 0. The lowest BCUT2D eigenvalue weighted by atomic mass is 9.92. The Morgan fingerprint density at radius 1 is 0.714 bits per heavy atom. The highest BCUT2D eigenvalue weighted by molar-refractivity contribution is 5.85. The summed E-state index contributed by atoms with van der Waals surface area (Å²) in [4.78, 5) is 5.10. The van der Waals surface area contributed by atoms with Crippen LogP contribution in [0.15, 0.2) is 66.7 Å². The van der Waals surface area contributed by atoms with E-state index in [0.717, 1.165) is 44.9 Å². The molecule has 3 aromatic rings. The average Bonchev–Trinajstić information content (AvgIpc) is 2.87. The summed E-state index contributed by atoms with van der Waals surface area (Å²) < 4.78 is 6.09. The van der Waals surface area contributed by atoms with Crippen molar-refractivity contribution in [2.24, 2.45) is 0 Å². The molecule has 2 aliphatic rings. The summed E-state index contributed by atoms with van der Waals surface area (Å²) in [5.41, 5.74) is 8.32. The third-order valence-corrected chi connectivity index (χ3v) is 7.24. The molecule has 1 aliphatic heterocycles. The molecule has 1 saturated heterocycles. The maximum absolute atomic E-state index is 6.09. The zero-order valence-electron chi connectivity index (χ0n) is 20.7. The average molecular weight is 514 g/mol. The Bertz CT molecular complexity index is 1040. The zero-order valence-corrected chi connectivity index (χ0v) is 22.4. The number of benzene rings is 3. The van der Waals surface area contributed by atoms with E-state index in [9.17, 15) is 0 Å². The Kier molecular flexibility index (Phi) is 10.3. The first-order valence-electron chi connectivity index (χ1n) is 12.6. The third kappa shape index (κ3) is 7.39. The molecule has 0 aromatic heterocycles. The van der Waals surface area contributed by atoms with Crippen molar-refractivity contribution in [3.05, 3.63) is 94.5 Å². The first-order chi connectivity index (χ1) is 16.2. The molecule has 1 fully saturated rings. The highest BCUT2D eigenvalue weighted by Crippen LogP contribution is 2.26. The SMILES string of the molecule is Cc1ccc(N2CCN(CCc3ccc(COc4ccc5c(c4)CCCC5)cc3)CC2)cc1.Cl.Cl. The molecule has 5 rings (SSSR count). The van der Waals surface area contributed by atoms with Gasteiger partial charge in [0.05, 0.1) is 0 Å². The van der Waals surface area contributed by atoms with E-state index in [1.807, 2.05) is 0 Å². The number of rotatable bonds is 7. The van der Waals surface area contributed by atoms with Crippen LogP contribution < -0.4 is 9.64 Å². The van der Waals surface area contributed by atoms with E-state index in [2.05, 4.69) is 83.5 Å². The van der Waals surface area contributed by atoms with Crippen LogP contribution in [0.1, 0.15) is 40.7 Å². The van der Waals surface area contributed by atoms with E-state index in [1.54, 1.807) is 0 Å². The second kappa shape index (κ2) is 13.2. The van der Waals surface area contributed by atoms with Gasteiger partial charge < -0.3 is 9.64 Å². The number of nitrogens with zero attached hydrogens (tertiary/aromatic N) is 2. The Labute approximate surface area is 223 Å². The second-order valence-corrected chi connectivity index (χ2v) is 9.66. The fourth-order valence-electron chi connectivity index (χ4n) is 5.04. The summed E-state index contributed by atoms with van der Waals surface area (Å²) in [6.07, 6.45) is 6.15. The number of ether oxygens (including phenoxy) is 1. The van der Waals surface area contributed by atoms with Crippen LogP contribution in [0.4, 0.5) is 5.69 Å². The first-order valence-corrected chi connectivity index (χ1v) is 12.6. The molecule has 188 valence electrons. The number of fused-ring (bicyclic) bond motifs is 1. The zero-order chi connectivity index (χ0) is 22.5. The topological polar surface area (TPSA) is 15.7 Å². The fourth-order valence-corrected chi connectivity index (χ4v) is 5.04. The Hall–Kier alpha value is -2.20. The molecule has 0 N–H and O–H groups in total. The van der Waals surface area contributed by atoms with Gasteiger partial charge in [0, 0.05) is 38.4 Å². The van der Waals surface area contributed by atoms with Gasteiger partial charge in [-0.05, 0) is 85.5 Å². The van der Waals surface area contributed by atoms with Gasteiger partial charge in [-0.1, -0.05) is 48.0 Å². The number of aryl methyl sites for hydroxylation is 3. The molecular formula is C30H38Cl2N2O. The van der Waals surface area contributed by atoms with E-state index in [-0.39, 0.29) is 24.8 Å². The van der Waals surface area contributed by atoms with Crippen LogP contribution in [0.2, 0.25) is 0 Å². The number of anilines is 1. The minimum Gasteiger partial charge on any atom is -0.489 e. The van der Waals surface area contributed by atoms with E-state index in [4.69, 9.17) is 4.74 Å². The molecule has 0 radical (unpaired) electrons. The molecule has 1 heterocycles. The largest absolute Gasteiger partial charge is 0.489 e. The minimum absolute atomic E-state index is 0. The number of piperazine rings is 1. The molecule has 0 saturated carbocycles. The molecule has 0 amide bonds. The van der Waals surface area contributed by atoms with E-state index in [0.29, 0.717) is 6.61 Å². The predicted octanol–water partition coefficient (Wildman–Crippen LogP) is 6.66. The summed E-state index contributed by atoms with van der Waals surface area (Å²) in [6, 6.07) is 24.6. The van der Waals surface area contributed by atoms with Crippen molar-refractivity contribution in [1.82, 2.24) is 4.90 Å². The molecule has 0 bridgehead atoms. The molecule has 0 unspecified atom stereocenters. The molecule has 1 aliphatic carbocycles. The third-order valence-electron chi connectivity index (χ3n) is 7.24. The summed E-state index contributed by atoms with van der Waals surface area (Å²) >= 11 is 0. The van der Waals surface area contributed by atoms with Crippen LogP contribution in [0.5, 0.6) is 5.75 Å². The lowest BCUT2D eigenvalue weighted by Gasteiger charge is -2.36. The van der Waals surface area contributed by atoms with E-state index in [1.165, 1.54) is 59.2 Å². The van der Waals surface area contributed by atoms with Crippen molar-refractivity contribution in [2.75, 3.05) is 37.6 Å². The van der Waals surface area contributed by atoms with Gasteiger partial charge in [-0.15, -0.1) is 24.8 Å². The van der Waals surface area contributed by atoms with Crippen molar-refractivity contribution in [1.29, 1.82) is 0 Å². The number of halogens is 2.